The Hall–Kier alpha value is -1.42. The first-order valence-electron chi connectivity index (χ1n) is 6.98. The smallest absolute Gasteiger partial charge is 0.399 e. The number of aliphatic hydroxyl groups is 9. The summed E-state index contributed by atoms with van der Waals surface area (Å²) in [5.41, 5.74) is 0. The first kappa shape index (κ1) is 21.6. The van der Waals surface area contributed by atoms with E-state index in [0.29, 0.717) is 0 Å². The van der Waals surface area contributed by atoms with Crippen molar-refractivity contribution in [2.75, 3.05) is 13.2 Å². The van der Waals surface area contributed by atoms with Crippen molar-refractivity contribution in [2.24, 2.45) is 0 Å². The van der Waals surface area contributed by atoms with Gasteiger partial charge in [-0.1, -0.05) is 0 Å². The number of esters is 1. The summed E-state index contributed by atoms with van der Waals surface area (Å²) in [4.78, 5) is 23.0. The van der Waals surface area contributed by atoms with Gasteiger partial charge in [0.2, 0.25) is 0 Å². The minimum absolute atomic E-state index is 1.00. The maximum absolute atomic E-state index is 11.7. The summed E-state index contributed by atoms with van der Waals surface area (Å²) in [7, 11) is 0. The van der Waals surface area contributed by atoms with Crippen LogP contribution in [0.5, 0.6) is 0 Å². The predicted octanol–water partition coefficient (Wildman–Crippen LogP) is -6.71. The molecule has 1 aliphatic heterocycles. The second-order valence-corrected chi connectivity index (χ2v) is 5.34. The minimum atomic E-state index is -2.78. The van der Waals surface area contributed by atoms with Crippen molar-refractivity contribution in [3.05, 3.63) is 0 Å². The molecule has 1 rings (SSSR count). The Morgan fingerprint density at radius 1 is 0.920 bits per heavy atom. The van der Waals surface area contributed by atoms with Crippen LogP contribution in [0.3, 0.4) is 0 Å². The molecule has 0 aromatic carbocycles. The van der Waals surface area contributed by atoms with Crippen LogP contribution in [0.2, 0.25) is 0 Å². The molecule has 0 bridgehead atoms. The van der Waals surface area contributed by atoms with Crippen LogP contribution in [0.25, 0.3) is 0 Å². The van der Waals surface area contributed by atoms with E-state index in [9.17, 15) is 40.2 Å². The monoisotopic (exact) mass is 372 g/mol. The number of cyclic esters (lactones) is 1. The lowest BCUT2D eigenvalue weighted by atomic mass is 10.0. The lowest BCUT2D eigenvalue weighted by Crippen LogP contribution is -2.53. The highest BCUT2D eigenvalue weighted by atomic mass is 16.8. The Bertz CT molecular complexity index is 484. The van der Waals surface area contributed by atoms with E-state index in [4.69, 9.17) is 15.3 Å². The molecule has 0 aromatic rings. The quantitative estimate of drug-likeness (QED) is 0.128. The second-order valence-electron chi connectivity index (χ2n) is 5.34. The largest absolute Gasteiger partial charge is 0.408 e. The fourth-order valence-electron chi connectivity index (χ4n) is 1.83. The average molecular weight is 372 g/mol. The molecule has 13 heteroatoms. The molecule has 146 valence electrons. The van der Waals surface area contributed by atoms with Crippen molar-refractivity contribution >= 4 is 11.9 Å². The van der Waals surface area contributed by atoms with Gasteiger partial charge in [0.05, 0.1) is 13.2 Å². The maximum Gasteiger partial charge on any atom is 0.399 e. The van der Waals surface area contributed by atoms with Crippen LogP contribution in [-0.4, -0.2) is 120 Å². The third-order valence-corrected chi connectivity index (χ3v) is 3.53. The summed E-state index contributed by atoms with van der Waals surface area (Å²) in [5, 5.41) is 83.5. The molecular formula is C12H20O13. The lowest BCUT2D eigenvalue weighted by Gasteiger charge is -2.27. The van der Waals surface area contributed by atoms with Gasteiger partial charge in [0.15, 0.2) is 12.2 Å². The van der Waals surface area contributed by atoms with E-state index in [2.05, 4.69) is 9.47 Å². The Labute approximate surface area is 139 Å². The molecule has 1 aliphatic rings. The minimum Gasteiger partial charge on any atom is -0.408 e. The van der Waals surface area contributed by atoms with Crippen molar-refractivity contribution in [1.29, 1.82) is 0 Å². The van der Waals surface area contributed by atoms with Crippen LogP contribution in [0.1, 0.15) is 0 Å². The van der Waals surface area contributed by atoms with Gasteiger partial charge in [0, 0.05) is 0 Å². The zero-order chi connectivity index (χ0) is 19.5. The van der Waals surface area contributed by atoms with Crippen LogP contribution in [0, 0.1) is 0 Å². The maximum atomic E-state index is 11.7. The summed E-state index contributed by atoms with van der Waals surface area (Å²) in [6.07, 6.45) is -15.4. The highest BCUT2D eigenvalue weighted by Crippen LogP contribution is 2.37. The van der Waals surface area contributed by atoms with Crippen LogP contribution in [0.15, 0.2) is 0 Å². The third kappa shape index (κ3) is 4.41. The third-order valence-electron chi connectivity index (χ3n) is 3.53. The molecule has 0 radical (unpaired) electrons. The number of rotatable bonds is 10. The van der Waals surface area contributed by atoms with Crippen LogP contribution >= 0.6 is 0 Å². The number of carbonyl (C=O) groups excluding carboxylic acids is 2. The van der Waals surface area contributed by atoms with Gasteiger partial charge < -0.3 is 55.4 Å². The normalized spacial score (nSPS) is 28.1. The Balaban J connectivity index is 2.81. The SMILES string of the molecule is O=C(OC1(C(O)C(O)C(O)CO)OC1=O)C(O)C(O)C(O)C(O)CO. The van der Waals surface area contributed by atoms with Crippen LogP contribution in [-0.2, 0) is 19.1 Å². The molecule has 1 heterocycles. The van der Waals surface area contributed by atoms with Crippen molar-refractivity contribution < 1.29 is 65.0 Å². The average Bonchev–Trinajstić information content (AvgIpc) is 3.26. The van der Waals surface area contributed by atoms with E-state index in [1.807, 2.05) is 0 Å². The molecule has 0 aromatic heterocycles. The van der Waals surface area contributed by atoms with E-state index < -0.39 is 73.7 Å². The zero-order valence-electron chi connectivity index (χ0n) is 12.6. The number of ether oxygens (including phenoxy) is 2. The van der Waals surface area contributed by atoms with Crippen molar-refractivity contribution in [3.8, 4) is 0 Å². The Morgan fingerprint density at radius 2 is 1.36 bits per heavy atom. The summed E-state index contributed by atoms with van der Waals surface area (Å²) < 4.78 is 8.69. The molecule has 1 fully saturated rings. The number of hydrogen-bond acceptors (Lipinski definition) is 13. The summed E-state index contributed by atoms with van der Waals surface area (Å²) in [6, 6.07) is 0. The molecule has 0 amide bonds. The summed E-state index contributed by atoms with van der Waals surface area (Å²) in [6.45, 7) is -2.02. The van der Waals surface area contributed by atoms with Gasteiger partial charge in [-0.3, -0.25) is 0 Å². The van der Waals surface area contributed by atoms with Gasteiger partial charge in [-0.25, -0.2) is 9.59 Å². The lowest BCUT2D eigenvalue weighted by molar-refractivity contribution is -0.206. The van der Waals surface area contributed by atoms with Crippen LogP contribution in [0.4, 0.5) is 0 Å². The fraction of sp³-hybridized carbons (Fsp3) is 0.833. The standard InChI is InChI=1S/C12H20O13/c13-1-3(15)5(17)7(19)8(20)10(22)24-12(11(23)25-12)9(21)6(18)4(16)2-14/h3-9,13-21H,1-2H2. The molecular weight excluding hydrogens is 352 g/mol. The van der Waals surface area contributed by atoms with Gasteiger partial charge in [0.1, 0.15) is 30.5 Å². The van der Waals surface area contributed by atoms with Crippen LogP contribution < -0.4 is 0 Å². The summed E-state index contributed by atoms with van der Waals surface area (Å²) >= 11 is 0. The van der Waals surface area contributed by atoms with Gasteiger partial charge in [-0.2, -0.15) is 0 Å². The molecule has 13 nitrogen and oxygen atoms in total. The van der Waals surface area contributed by atoms with E-state index in [0.717, 1.165) is 0 Å². The number of carbonyl (C=O) groups is 2. The van der Waals surface area contributed by atoms with Crippen molar-refractivity contribution in [2.45, 2.75) is 48.5 Å². The first-order valence-corrected chi connectivity index (χ1v) is 6.98. The predicted molar refractivity (Wildman–Crippen MR) is 71.1 cm³/mol. The highest BCUT2D eigenvalue weighted by Gasteiger charge is 2.71. The fourth-order valence-corrected chi connectivity index (χ4v) is 1.83. The molecule has 0 saturated carbocycles. The second kappa shape index (κ2) is 8.31. The summed E-state index contributed by atoms with van der Waals surface area (Å²) in [5.74, 6) is -5.92. The van der Waals surface area contributed by atoms with E-state index >= 15 is 0 Å². The molecule has 8 unspecified atom stereocenters. The molecule has 0 spiro atoms. The van der Waals surface area contributed by atoms with Gasteiger partial charge in [-0.05, 0) is 0 Å². The molecule has 8 atom stereocenters. The van der Waals surface area contributed by atoms with Gasteiger partial charge in [-0.15, -0.1) is 0 Å². The first-order chi connectivity index (χ1) is 11.5. The van der Waals surface area contributed by atoms with Gasteiger partial charge >= 0.3 is 17.7 Å². The zero-order valence-corrected chi connectivity index (χ0v) is 12.6. The topological polar surface area (TPSA) is 238 Å². The number of hydrogen-bond donors (Lipinski definition) is 9. The Kier molecular flexibility index (Phi) is 7.18. The van der Waals surface area contributed by atoms with Crippen molar-refractivity contribution in [1.82, 2.24) is 0 Å². The number of aliphatic hydroxyl groups excluding tert-OH is 9. The number of epoxide rings is 1. The van der Waals surface area contributed by atoms with E-state index in [1.165, 1.54) is 0 Å². The van der Waals surface area contributed by atoms with E-state index in [1.54, 1.807) is 0 Å². The molecule has 9 N–H and O–H groups in total. The van der Waals surface area contributed by atoms with Gasteiger partial charge in [0.25, 0.3) is 0 Å². The molecule has 1 saturated heterocycles. The molecule has 25 heavy (non-hydrogen) atoms. The van der Waals surface area contributed by atoms with Crippen molar-refractivity contribution in [3.63, 3.8) is 0 Å². The highest BCUT2D eigenvalue weighted by molar-refractivity contribution is 5.94. The van der Waals surface area contributed by atoms with E-state index in [-0.39, 0.29) is 0 Å². The Morgan fingerprint density at radius 3 is 1.76 bits per heavy atom. The molecule has 0 aliphatic carbocycles.